The van der Waals surface area contributed by atoms with Crippen LogP contribution in [0.3, 0.4) is 0 Å². The number of nitrogens with zero attached hydrogens (tertiary/aromatic N) is 5. The standard InChI is InChI=1S/C22H23ClN2O4.C21H20Cl2N2O5.C21H21ClN2O4.C20H17Cl3N2O5.C20H17Cl2FN2O5/c1-12-4-7-18-16(21(12)23)10-19(25(18)3)22(29)24-17(11-26)15-6-5-14(8-13(15)2)9-20(27)28;1-10-18(30-3)8-16-13(19(10)23)7-17(25(16)2)20(27)24-15(9-26)12-5-4-11(21(28)29)6-14(12)22;1-11-4-7-17-15(19(11)22)9-18(24(17)3)20(26)23-16(10-25)14-6-5-13(21(27)28)8-12(14)2;1-25-14-7-16(30-2)18(23)17(22)11(14)6-15(25)19(27)24-13(8-26)10-4-3-9(20(28)29)5-12(10)21;1-25-14-7-16(30-2)18(22)17(21)11(14)6-15(25)19(27)24-13(8-26)10-4-3-9(20(28)29)5-12(10)23/h4-8,10,17,26H,9,11H2,1-3H3,(H,24,29)(H,27,28);4-8,15,26H,9H2,1-3H3,(H,24,27)(H,28,29);4-9,16,25H,10H2,1-3H3,(H,23,26)(H,27,28);2*3-7,13,26H,8H2,1-2H3,(H,24,27)(H,28,29)/t17-;15-;16-;2*13-/m11111/s1. The summed E-state index contributed by atoms with van der Waals surface area (Å²) in [5.74, 6) is -7.21. The topological polar surface area (TPSA) is 485 Å². The lowest BCUT2D eigenvalue weighted by molar-refractivity contribution is -0.136. The van der Waals surface area contributed by atoms with E-state index in [1.807, 2.05) is 52.0 Å². The first-order valence-corrected chi connectivity index (χ1v) is 47.6. The van der Waals surface area contributed by atoms with Crippen molar-refractivity contribution in [1.82, 2.24) is 49.4 Å². The van der Waals surface area contributed by atoms with E-state index in [1.54, 1.807) is 139 Å². The number of aromatic carboxylic acids is 4. The third-order valence-corrected chi connectivity index (χ3v) is 28.5. The average molecular weight is 2190 g/mol. The normalized spacial score (nSPS) is 12.1. The molecule has 0 unspecified atom stereocenters. The second-order valence-electron chi connectivity index (χ2n) is 33.7. The number of carboxylic acids is 5. The van der Waals surface area contributed by atoms with E-state index in [-0.39, 0.29) is 101 Å². The molecule has 15 rings (SSSR count). The SMILES string of the molecule is COc1cc2c(cc(C(=O)N[C@H](CO)c3ccc(C(=O)O)cc3Cl)n2C)c(Cl)c1C.COc1cc2c(cc(C(=O)N[C@H](CO)c3ccc(C(=O)O)cc3Cl)n2C)c(Cl)c1Cl.COc1cc2c(cc(C(=O)N[C@H](CO)c3ccc(C(=O)O)cc3F)n2C)c(Cl)c1Cl.Cc1cc(C(=O)O)ccc1[C@@H](CO)NC(=O)c1cc2c(Cl)c(C)ccc2n1C.Cc1cc(CC(=O)O)ccc1[C@@H](CO)NC(=O)c1cc2c(Cl)c(C)ccc2n1C. The summed E-state index contributed by atoms with van der Waals surface area (Å²) in [6, 6.07) is 38.2. The Hall–Kier alpha value is -13.7. The van der Waals surface area contributed by atoms with Crippen LogP contribution in [-0.4, -0.2) is 188 Å². The number of hydrogen-bond donors (Lipinski definition) is 15. The van der Waals surface area contributed by atoms with Gasteiger partial charge in [0.25, 0.3) is 29.5 Å². The molecule has 0 bridgehead atoms. The zero-order valence-corrected chi connectivity index (χ0v) is 87.3. The molecular formula is C104H98Cl9FN10O23. The quantitative estimate of drug-likeness (QED) is 0.0207. The lowest BCUT2D eigenvalue weighted by atomic mass is 9.98. The van der Waals surface area contributed by atoms with Gasteiger partial charge < -0.3 is 115 Å². The lowest BCUT2D eigenvalue weighted by Crippen LogP contribution is -2.32. The Bertz CT molecular complexity index is 7320. The van der Waals surface area contributed by atoms with Crippen LogP contribution in [0.4, 0.5) is 4.39 Å². The molecule has 5 aromatic heterocycles. The van der Waals surface area contributed by atoms with Crippen LogP contribution in [0.1, 0.15) is 185 Å². The number of aromatic nitrogens is 5. The number of hydrogen-bond acceptors (Lipinski definition) is 18. The average Bonchev–Trinajstić information content (AvgIpc) is 1.61. The number of carbonyl (C=O) groups is 10. The Morgan fingerprint density at radius 3 is 0.871 bits per heavy atom. The summed E-state index contributed by atoms with van der Waals surface area (Å²) in [4.78, 5) is 120. The van der Waals surface area contributed by atoms with Crippen molar-refractivity contribution in [3.05, 3.63) is 327 Å². The Morgan fingerprint density at radius 1 is 0.299 bits per heavy atom. The first kappa shape index (κ1) is 114. The molecule has 15 aromatic rings. The number of fused-ring (bicyclic) bond motifs is 5. The zero-order valence-electron chi connectivity index (χ0n) is 80.5. The number of aliphatic hydroxyl groups is 5. The van der Waals surface area contributed by atoms with Crippen molar-refractivity contribution in [2.45, 2.75) is 71.2 Å². The zero-order chi connectivity index (χ0) is 108. The number of carboxylic acid groups (broad SMARTS) is 5. The molecule has 10 aromatic carbocycles. The monoisotopic (exact) mass is 2190 g/mol. The summed E-state index contributed by atoms with van der Waals surface area (Å²) in [5.41, 5.74) is 12.1. The number of halogens is 10. The lowest BCUT2D eigenvalue weighted by Gasteiger charge is -2.19. The molecule has 5 atom stereocenters. The van der Waals surface area contributed by atoms with Crippen LogP contribution in [0.5, 0.6) is 17.2 Å². The van der Waals surface area contributed by atoms with Gasteiger partial charge in [-0.25, -0.2) is 23.6 Å². The summed E-state index contributed by atoms with van der Waals surface area (Å²) >= 11 is 56.6. The smallest absolute Gasteiger partial charge is 0.335 e. The van der Waals surface area contributed by atoms with Gasteiger partial charge in [-0.05, 0) is 176 Å². The first-order valence-electron chi connectivity index (χ1n) is 44.2. The van der Waals surface area contributed by atoms with Gasteiger partial charge in [0.15, 0.2) is 0 Å². The molecule has 0 aliphatic heterocycles. The molecule has 43 heteroatoms. The van der Waals surface area contributed by atoms with Crippen molar-refractivity contribution >= 4 is 218 Å². The van der Waals surface area contributed by atoms with E-state index in [0.29, 0.717) is 104 Å². The van der Waals surface area contributed by atoms with Gasteiger partial charge in [0, 0.05) is 113 Å². The number of amides is 5. The Labute approximate surface area is 883 Å². The largest absolute Gasteiger partial charge is 0.496 e. The summed E-state index contributed by atoms with van der Waals surface area (Å²) in [7, 11) is 13.1. The van der Waals surface area contributed by atoms with Gasteiger partial charge in [-0.3, -0.25) is 28.8 Å². The Kier molecular flexibility index (Phi) is 37.7. The highest BCUT2D eigenvalue weighted by Crippen LogP contribution is 2.44. The molecule has 0 aliphatic carbocycles. The van der Waals surface area contributed by atoms with E-state index in [2.05, 4.69) is 26.6 Å². The first-order chi connectivity index (χ1) is 69.5. The number of methoxy groups -OCH3 is 3. The van der Waals surface area contributed by atoms with Gasteiger partial charge in [0.2, 0.25) is 0 Å². The molecule has 0 radical (unpaired) electrons. The predicted octanol–water partition coefficient (Wildman–Crippen LogP) is 19.2. The molecule has 0 saturated heterocycles. The number of nitrogens with one attached hydrogen (secondary N) is 5. The fourth-order valence-corrected chi connectivity index (χ4v) is 18.8. The second-order valence-corrected chi connectivity index (χ2v) is 37.2. The number of ether oxygens (including phenoxy) is 3. The minimum Gasteiger partial charge on any atom is -0.496 e. The fourth-order valence-electron chi connectivity index (χ4n) is 16.6. The number of aliphatic hydroxyl groups excluding tert-OH is 5. The van der Waals surface area contributed by atoms with Crippen LogP contribution in [0.15, 0.2) is 164 Å². The van der Waals surface area contributed by atoms with E-state index < -0.39 is 103 Å². The third-order valence-electron chi connectivity index (χ3n) is 24.7. The summed E-state index contributed by atoms with van der Waals surface area (Å²) in [6.07, 6.45) is -0.0760. The molecule has 15 N–H and O–H groups in total. The molecular weight excluding hydrogens is 2100 g/mol. The third kappa shape index (κ3) is 24.8. The highest BCUT2D eigenvalue weighted by molar-refractivity contribution is 6.47. The minimum atomic E-state index is -1.29. The van der Waals surface area contributed by atoms with Crippen molar-refractivity contribution in [3.8, 4) is 17.2 Å². The predicted molar refractivity (Wildman–Crippen MR) is 561 cm³/mol. The fraction of sp³-hybridized carbons (Fsp3) is 0.231. The highest BCUT2D eigenvalue weighted by Gasteiger charge is 2.31. The highest BCUT2D eigenvalue weighted by atomic mass is 35.5. The number of benzene rings is 10. The maximum absolute atomic E-state index is 14.4. The van der Waals surface area contributed by atoms with Crippen LogP contribution in [-0.2, 0) is 46.5 Å². The Morgan fingerprint density at radius 2 is 0.571 bits per heavy atom. The van der Waals surface area contributed by atoms with Crippen molar-refractivity contribution < 1.29 is 118 Å². The number of carbonyl (C=O) groups excluding carboxylic acids is 5. The molecule has 33 nitrogen and oxygen atoms in total. The van der Waals surface area contributed by atoms with Crippen LogP contribution < -0.4 is 40.8 Å². The van der Waals surface area contributed by atoms with Gasteiger partial charge in [-0.1, -0.05) is 159 Å². The molecule has 772 valence electrons. The molecule has 0 fully saturated rings. The summed E-state index contributed by atoms with van der Waals surface area (Å²) in [6.45, 7) is 7.16. The molecule has 0 spiro atoms. The molecule has 5 heterocycles. The van der Waals surface area contributed by atoms with Crippen molar-refractivity contribution in [2.24, 2.45) is 35.2 Å². The van der Waals surface area contributed by atoms with Crippen LogP contribution in [0.2, 0.25) is 45.2 Å². The van der Waals surface area contributed by atoms with Crippen LogP contribution in [0, 0.1) is 40.4 Å². The van der Waals surface area contributed by atoms with Gasteiger partial charge in [0.1, 0.15) is 61.6 Å². The van der Waals surface area contributed by atoms with Crippen LogP contribution >= 0.6 is 104 Å². The minimum absolute atomic E-state index is 0.000850. The molecule has 0 aliphatic rings. The molecule has 147 heavy (non-hydrogen) atoms. The van der Waals surface area contributed by atoms with Gasteiger partial charge >= 0.3 is 29.8 Å². The summed E-state index contributed by atoms with van der Waals surface area (Å²) < 4.78 is 38.5. The van der Waals surface area contributed by atoms with Gasteiger partial charge in [-0.2, -0.15) is 0 Å². The van der Waals surface area contributed by atoms with Gasteiger partial charge in [0.05, 0.1) is 155 Å². The molecule has 0 saturated carbocycles. The second kappa shape index (κ2) is 48.8. The van der Waals surface area contributed by atoms with E-state index >= 15 is 0 Å². The van der Waals surface area contributed by atoms with Gasteiger partial charge in [-0.15, -0.1) is 0 Å². The number of rotatable bonds is 29. The van der Waals surface area contributed by atoms with Crippen molar-refractivity contribution in [3.63, 3.8) is 0 Å². The van der Waals surface area contributed by atoms with E-state index in [9.17, 15) is 77.9 Å². The Balaban J connectivity index is 0.000000175. The number of aliphatic carboxylic acids is 1. The maximum atomic E-state index is 14.4. The van der Waals surface area contributed by atoms with Crippen molar-refractivity contribution in [1.29, 1.82) is 0 Å². The number of aryl methyl sites for hydroxylation is 9. The van der Waals surface area contributed by atoms with Crippen molar-refractivity contribution in [2.75, 3.05) is 54.4 Å². The van der Waals surface area contributed by atoms with E-state index in [0.717, 1.165) is 61.2 Å². The van der Waals surface area contributed by atoms with E-state index in [4.69, 9.17) is 144 Å². The van der Waals surface area contributed by atoms with E-state index in [1.165, 1.54) is 80.9 Å². The van der Waals surface area contributed by atoms with Crippen LogP contribution in [0.25, 0.3) is 54.5 Å². The summed E-state index contributed by atoms with van der Waals surface area (Å²) in [5, 5.41) is 114. The molecule has 5 amide bonds. The maximum Gasteiger partial charge on any atom is 0.335 e.